The highest BCUT2D eigenvalue weighted by atomic mass is 16.2. The Morgan fingerprint density at radius 1 is 1.23 bits per heavy atom. The molecular formula is C17H20N2O3. The minimum Gasteiger partial charge on any atom is -0.351 e. The van der Waals surface area contributed by atoms with Gasteiger partial charge in [0.15, 0.2) is 0 Å². The highest BCUT2D eigenvalue weighted by Crippen LogP contribution is 2.68. The number of amides is 1. The van der Waals surface area contributed by atoms with Gasteiger partial charge in [-0.25, -0.2) is 0 Å². The van der Waals surface area contributed by atoms with Gasteiger partial charge in [0, 0.05) is 24.4 Å². The van der Waals surface area contributed by atoms with Crippen LogP contribution in [0.25, 0.3) is 0 Å². The smallest absolute Gasteiger partial charge is 0.235 e. The number of fused-ring (bicyclic) bond motifs is 2. The fourth-order valence-electron chi connectivity index (χ4n) is 4.11. The first-order valence-corrected chi connectivity index (χ1v) is 7.54. The fraction of sp³-hybridized carbons (Fsp3) is 0.529. The van der Waals surface area contributed by atoms with E-state index < -0.39 is 22.0 Å². The standard InChI is InChI=1S/C17H20N2O3/c1-15(2)16(3)6-7-17(15,13(21)12(16)20)14(22)19-10-11-5-4-8-18-9-11/h4-5,8-9H,6-7,10H2,1-3H3,(H,19,22)/t16-,17+/m1/s1. The van der Waals surface area contributed by atoms with Crippen LogP contribution in [0.1, 0.15) is 39.2 Å². The fourth-order valence-corrected chi connectivity index (χ4v) is 4.11. The molecule has 116 valence electrons. The third-order valence-electron chi connectivity index (χ3n) is 6.10. The van der Waals surface area contributed by atoms with Crippen LogP contribution in [0.4, 0.5) is 0 Å². The minimum atomic E-state index is -1.22. The molecule has 0 radical (unpaired) electrons. The summed E-state index contributed by atoms with van der Waals surface area (Å²) in [7, 11) is 0. The molecule has 2 saturated carbocycles. The second kappa shape index (κ2) is 4.48. The summed E-state index contributed by atoms with van der Waals surface area (Å²) < 4.78 is 0. The molecule has 0 aromatic carbocycles. The van der Waals surface area contributed by atoms with Crippen LogP contribution in [0.3, 0.4) is 0 Å². The number of nitrogens with zero attached hydrogens (tertiary/aromatic N) is 1. The van der Waals surface area contributed by atoms with Gasteiger partial charge in [-0.05, 0) is 29.9 Å². The van der Waals surface area contributed by atoms with Gasteiger partial charge in [-0.1, -0.05) is 26.8 Å². The molecular weight excluding hydrogens is 280 g/mol. The summed E-state index contributed by atoms with van der Waals surface area (Å²) in [5, 5.41) is 2.83. The summed E-state index contributed by atoms with van der Waals surface area (Å²) >= 11 is 0. The van der Waals surface area contributed by atoms with E-state index in [1.807, 2.05) is 26.8 Å². The van der Waals surface area contributed by atoms with Gasteiger partial charge < -0.3 is 5.32 Å². The van der Waals surface area contributed by atoms with Gasteiger partial charge >= 0.3 is 0 Å². The zero-order valence-corrected chi connectivity index (χ0v) is 13.1. The lowest BCUT2D eigenvalue weighted by Crippen LogP contribution is -2.50. The molecule has 1 amide bonds. The van der Waals surface area contributed by atoms with E-state index in [2.05, 4.69) is 10.3 Å². The molecule has 5 nitrogen and oxygen atoms in total. The van der Waals surface area contributed by atoms with Crippen molar-refractivity contribution in [2.75, 3.05) is 0 Å². The lowest BCUT2D eigenvalue weighted by Gasteiger charge is -2.37. The Labute approximate surface area is 129 Å². The third-order valence-corrected chi connectivity index (χ3v) is 6.10. The quantitative estimate of drug-likeness (QED) is 0.680. The van der Waals surface area contributed by atoms with Gasteiger partial charge in [0.2, 0.25) is 17.5 Å². The molecule has 1 aromatic rings. The van der Waals surface area contributed by atoms with Crippen molar-refractivity contribution in [1.29, 1.82) is 0 Å². The van der Waals surface area contributed by atoms with Crippen LogP contribution in [-0.4, -0.2) is 22.5 Å². The van der Waals surface area contributed by atoms with Crippen LogP contribution < -0.4 is 5.32 Å². The van der Waals surface area contributed by atoms with Crippen LogP contribution in [-0.2, 0) is 20.9 Å². The molecule has 0 aliphatic heterocycles. The average Bonchev–Trinajstić information content (AvgIpc) is 2.78. The number of ketones is 2. The number of Topliss-reactive ketones (excluding diaryl/α,β-unsaturated/α-hetero) is 2. The molecule has 3 rings (SSSR count). The Morgan fingerprint density at radius 3 is 2.50 bits per heavy atom. The topological polar surface area (TPSA) is 76.1 Å². The predicted molar refractivity (Wildman–Crippen MR) is 79.7 cm³/mol. The van der Waals surface area contributed by atoms with E-state index in [0.717, 1.165) is 5.56 Å². The molecule has 2 fully saturated rings. The number of rotatable bonds is 3. The Balaban J connectivity index is 1.88. The number of carbonyl (C=O) groups is 3. The van der Waals surface area contributed by atoms with Crippen molar-refractivity contribution in [3.05, 3.63) is 30.1 Å². The van der Waals surface area contributed by atoms with Gasteiger partial charge in [-0.15, -0.1) is 0 Å². The van der Waals surface area contributed by atoms with E-state index in [9.17, 15) is 14.4 Å². The van der Waals surface area contributed by atoms with Crippen LogP contribution >= 0.6 is 0 Å². The first kappa shape index (κ1) is 14.9. The van der Waals surface area contributed by atoms with E-state index in [1.165, 1.54) is 0 Å². The number of nitrogens with one attached hydrogen (secondary N) is 1. The molecule has 2 aliphatic carbocycles. The molecule has 1 N–H and O–H groups in total. The lowest BCUT2D eigenvalue weighted by atomic mass is 9.64. The first-order chi connectivity index (χ1) is 10.3. The number of hydrogen-bond donors (Lipinski definition) is 1. The Kier molecular flexibility index (Phi) is 3.03. The minimum absolute atomic E-state index is 0.308. The number of hydrogen-bond acceptors (Lipinski definition) is 4. The van der Waals surface area contributed by atoms with E-state index in [4.69, 9.17) is 0 Å². The van der Waals surface area contributed by atoms with Crippen molar-refractivity contribution in [3.8, 4) is 0 Å². The molecule has 1 heterocycles. The second-order valence-electron chi connectivity index (χ2n) is 7.06. The zero-order chi connectivity index (χ0) is 16.2. The number of pyridine rings is 1. The summed E-state index contributed by atoms with van der Waals surface area (Å²) in [5.41, 5.74) is -1.74. The molecule has 0 unspecified atom stereocenters. The van der Waals surface area contributed by atoms with Gasteiger partial charge in [-0.2, -0.15) is 0 Å². The van der Waals surface area contributed by atoms with E-state index in [1.54, 1.807) is 18.5 Å². The molecule has 2 aliphatic rings. The maximum atomic E-state index is 12.8. The van der Waals surface area contributed by atoms with Crippen molar-refractivity contribution in [2.24, 2.45) is 16.2 Å². The highest BCUT2D eigenvalue weighted by Gasteiger charge is 2.77. The number of carbonyl (C=O) groups excluding carboxylic acids is 3. The van der Waals surface area contributed by atoms with Gasteiger partial charge in [0.05, 0.1) is 0 Å². The monoisotopic (exact) mass is 300 g/mol. The maximum absolute atomic E-state index is 12.8. The van der Waals surface area contributed by atoms with Crippen molar-refractivity contribution >= 4 is 17.5 Å². The molecule has 0 spiro atoms. The van der Waals surface area contributed by atoms with Crippen LogP contribution in [0.5, 0.6) is 0 Å². The van der Waals surface area contributed by atoms with Crippen molar-refractivity contribution in [3.63, 3.8) is 0 Å². The van der Waals surface area contributed by atoms with Crippen LogP contribution in [0.15, 0.2) is 24.5 Å². The summed E-state index contributed by atoms with van der Waals surface area (Å²) in [4.78, 5) is 41.7. The third kappa shape index (κ3) is 1.54. The Hall–Kier alpha value is -2.04. The summed E-state index contributed by atoms with van der Waals surface area (Å²) in [6.45, 7) is 5.86. The molecule has 22 heavy (non-hydrogen) atoms. The summed E-state index contributed by atoms with van der Waals surface area (Å²) in [6.07, 6.45) is 4.36. The van der Waals surface area contributed by atoms with Crippen molar-refractivity contribution in [1.82, 2.24) is 10.3 Å². The molecule has 2 bridgehead atoms. The number of aromatic nitrogens is 1. The SMILES string of the molecule is CC1(C)[C@@]2(C(=O)NCc3cccnc3)CC[C@]1(C)C(=O)C2=O. The zero-order valence-electron chi connectivity index (χ0n) is 13.1. The van der Waals surface area contributed by atoms with Gasteiger partial charge in [-0.3, -0.25) is 19.4 Å². The van der Waals surface area contributed by atoms with E-state index in [0.29, 0.717) is 19.4 Å². The Morgan fingerprint density at radius 2 is 1.95 bits per heavy atom. The summed E-state index contributed by atoms with van der Waals surface area (Å²) in [5.74, 6) is -1.24. The first-order valence-electron chi connectivity index (χ1n) is 7.54. The predicted octanol–water partition coefficient (Wildman–Crippen LogP) is 1.66. The maximum Gasteiger partial charge on any atom is 0.235 e. The normalized spacial score (nSPS) is 32.3. The molecule has 0 saturated heterocycles. The van der Waals surface area contributed by atoms with E-state index >= 15 is 0 Å². The molecule has 2 atom stereocenters. The second-order valence-corrected chi connectivity index (χ2v) is 7.06. The molecule has 1 aromatic heterocycles. The molecule has 5 heteroatoms. The largest absolute Gasteiger partial charge is 0.351 e. The van der Waals surface area contributed by atoms with Gasteiger partial charge in [0.1, 0.15) is 5.41 Å². The van der Waals surface area contributed by atoms with Crippen molar-refractivity contribution < 1.29 is 14.4 Å². The summed E-state index contributed by atoms with van der Waals surface area (Å²) in [6, 6.07) is 3.65. The van der Waals surface area contributed by atoms with Crippen molar-refractivity contribution in [2.45, 2.75) is 40.2 Å². The average molecular weight is 300 g/mol. The van der Waals surface area contributed by atoms with Crippen LogP contribution in [0, 0.1) is 16.2 Å². The highest BCUT2D eigenvalue weighted by molar-refractivity contribution is 6.48. The van der Waals surface area contributed by atoms with E-state index in [-0.39, 0.29) is 11.7 Å². The van der Waals surface area contributed by atoms with Crippen LogP contribution in [0.2, 0.25) is 0 Å². The van der Waals surface area contributed by atoms with Gasteiger partial charge in [0.25, 0.3) is 0 Å². The Bertz CT molecular complexity index is 668. The lowest BCUT2D eigenvalue weighted by molar-refractivity contribution is -0.149.